The first-order valence-corrected chi connectivity index (χ1v) is 5.95. The summed E-state index contributed by atoms with van der Waals surface area (Å²) in [4.78, 5) is 0. The third kappa shape index (κ3) is 2.38. The predicted molar refractivity (Wildman–Crippen MR) is 70.7 cm³/mol. The van der Waals surface area contributed by atoms with Gasteiger partial charge in [-0.1, -0.05) is 61.9 Å². The van der Waals surface area contributed by atoms with Gasteiger partial charge in [0.05, 0.1) is 0 Å². The van der Waals surface area contributed by atoms with Crippen LogP contribution in [0.25, 0.3) is 11.1 Å². The Morgan fingerprint density at radius 1 is 0.941 bits per heavy atom. The number of hydrogen-bond donors (Lipinski definition) is 0. The first-order valence-electron chi connectivity index (χ1n) is 5.95. The van der Waals surface area contributed by atoms with Gasteiger partial charge in [-0.25, -0.2) is 4.39 Å². The molecule has 0 radical (unpaired) electrons. The molecule has 0 aromatic heterocycles. The zero-order valence-electron chi connectivity index (χ0n) is 10.5. The molecule has 0 saturated heterocycles. The summed E-state index contributed by atoms with van der Waals surface area (Å²) < 4.78 is 14.3. The van der Waals surface area contributed by atoms with Crippen LogP contribution in [0.5, 0.6) is 0 Å². The van der Waals surface area contributed by atoms with E-state index < -0.39 is 0 Å². The van der Waals surface area contributed by atoms with Gasteiger partial charge in [0.1, 0.15) is 5.82 Å². The fourth-order valence-corrected chi connectivity index (χ4v) is 1.95. The molecule has 2 rings (SSSR count). The van der Waals surface area contributed by atoms with Crippen molar-refractivity contribution in [3.63, 3.8) is 0 Å². The standard InChI is InChI=1S/C16H17F/c1-11(2)14-5-4-6-15(16(14)17)13-9-7-12(3)8-10-13/h4-11H,1-3H3. The van der Waals surface area contributed by atoms with Crippen LogP contribution in [-0.4, -0.2) is 0 Å². The molecule has 0 bridgehead atoms. The predicted octanol–water partition coefficient (Wildman–Crippen LogP) is 4.92. The maximum atomic E-state index is 14.3. The second kappa shape index (κ2) is 4.70. The monoisotopic (exact) mass is 228 g/mol. The quantitative estimate of drug-likeness (QED) is 0.684. The van der Waals surface area contributed by atoms with Crippen molar-refractivity contribution in [2.75, 3.05) is 0 Å². The van der Waals surface area contributed by atoms with Crippen LogP contribution < -0.4 is 0 Å². The van der Waals surface area contributed by atoms with Gasteiger partial charge in [0.2, 0.25) is 0 Å². The van der Waals surface area contributed by atoms with Crippen LogP contribution in [0.15, 0.2) is 42.5 Å². The normalized spacial score (nSPS) is 10.9. The molecule has 0 fully saturated rings. The van der Waals surface area contributed by atoms with Gasteiger partial charge in [0, 0.05) is 5.56 Å². The summed E-state index contributed by atoms with van der Waals surface area (Å²) in [6.07, 6.45) is 0. The molecule has 0 saturated carbocycles. The second-order valence-corrected chi connectivity index (χ2v) is 4.73. The lowest BCUT2D eigenvalue weighted by atomic mass is 9.96. The number of rotatable bonds is 2. The summed E-state index contributed by atoms with van der Waals surface area (Å²) in [5, 5.41) is 0. The number of hydrogen-bond acceptors (Lipinski definition) is 0. The highest BCUT2D eigenvalue weighted by Gasteiger charge is 2.11. The maximum absolute atomic E-state index is 14.3. The first-order chi connectivity index (χ1) is 8.09. The summed E-state index contributed by atoms with van der Waals surface area (Å²) in [5.74, 6) is 0.117. The van der Waals surface area contributed by atoms with Crippen molar-refractivity contribution in [3.05, 3.63) is 59.4 Å². The third-order valence-electron chi connectivity index (χ3n) is 3.01. The number of aryl methyl sites for hydroxylation is 1. The molecule has 2 aromatic carbocycles. The SMILES string of the molecule is Cc1ccc(-c2cccc(C(C)C)c2F)cc1. The number of benzene rings is 2. The highest BCUT2D eigenvalue weighted by atomic mass is 19.1. The molecule has 0 unspecified atom stereocenters. The minimum absolute atomic E-state index is 0.0913. The molecular formula is C16H17F. The van der Waals surface area contributed by atoms with Crippen molar-refractivity contribution in [2.45, 2.75) is 26.7 Å². The fourth-order valence-electron chi connectivity index (χ4n) is 1.95. The van der Waals surface area contributed by atoms with Gasteiger partial charge in [-0.2, -0.15) is 0 Å². The number of halogens is 1. The van der Waals surface area contributed by atoms with Crippen molar-refractivity contribution < 1.29 is 4.39 Å². The molecule has 0 aliphatic rings. The van der Waals surface area contributed by atoms with E-state index in [9.17, 15) is 4.39 Å². The Morgan fingerprint density at radius 2 is 1.59 bits per heavy atom. The van der Waals surface area contributed by atoms with Gasteiger partial charge < -0.3 is 0 Å². The molecule has 0 atom stereocenters. The van der Waals surface area contributed by atoms with E-state index >= 15 is 0 Å². The molecule has 0 aliphatic carbocycles. The average molecular weight is 228 g/mol. The highest BCUT2D eigenvalue weighted by Crippen LogP contribution is 2.28. The van der Waals surface area contributed by atoms with Crippen molar-refractivity contribution in [3.8, 4) is 11.1 Å². The van der Waals surface area contributed by atoms with Gasteiger partial charge >= 0.3 is 0 Å². The van der Waals surface area contributed by atoms with Crippen LogP contribution in [0, 0.1) is 12.7 Å². The van der Waals surface area contributed by atoms with Crippen LogP contribution >= 0.6 is 0 Å². The summed E-state index contributed by atoms with van der Waals surface area (Å²) in [5.41, 5.74) is 3.60. The molecule has 0 nitrogen and oxygen atoms in total. The maximum Gasteiger partial charge on any atom is 0.134 e. The van der Waals surface area contributed by atoms with Crippen LogP contribution in [0.2, 0.25) is 0 Å². The lowest BCUT2D eigenvalue weighted by Gasteiger charge is -2.11. The molecule has 88 valence electrons. The molecule has 0 N–H and O–H groups in total. The largest absolute Gasteiger partial charge is 0.206 e. The van der Waals surface area contributed by atoms with E-state index in [0.29, 0.717) is 5.56 Å². The Balaban J connectivity index is 2.52. The summed E-state index contributed by atoms with van der Waals surface area (Å²) in [6, 6.07) is 13.6. The summed E-state index contributed by atoms with van der Waals surface area (Å²) >= 11 is 0. The van der Waals surface area contributed by atoms with Gasteiger partial charge in [0.15, 0.2) is 0 Å². The van der Waals surface area contributed by atoms with Gasteiger partial charge in [-0.15, -0.1) is 0 Å². The van der Waals surface area contributed by atoms with Crippen molar-refractivity contribution >= 4 is 0 Å². The van der Waals surface area contributed by atoms with E-state index in [4.69, 9.17) is 0 Å². The van der Waals surface area contributed by atoms with Gasteiger partial charge in [0.25, 0.3) is 0 Å². The van der Waals surface area contributed by atoms with Gasteiger partial charge in [-0.05, 0) is 24.0 Å². The molecule has 0 amide bonds. The smallest absolute Gasteiger partial charge is 0.134 e. The van der Waals surface area contributed by atoms with Crippen LogP contribution in [0.4, 0.5) is 4.39 Å². The van der Waals surface area contributed by atoms with E-state index in [1.54, 1.807) is 0 Å². The van der Waals surface area contributed by atoms with E-state index in [1.807, 2.05) is 63.2 Å². The van der Waals surface area contributed by atoms with Crippen molar-refractivity contribution in [2.24, 2.45) is 0 Å². The van der Waals surface area contributed by atoms with E-state index in [1.165, 1.54) is 5.56 Å². The van der Waals surface area contributed by atoms with E-state index in [0.717, 1.165) is 11.1 Å². The molecule has 1 heteroatoms. The lowest BCUT2D eigenvalue weighted by Crippen LogP contribution is -1.95. The Hall–Kier alpha value is -1.63. The highest BCUT2D eigenvalue weighted by molar-refractivity contribution is 5.65. The molecule has 0 aliphatic heterocycles. The minimum atomic E-state index is -0.0913. The molecule has 2 aromatic rings. The minimum Gasteiger partial charge on any atom is -0.206 e. The van der Waals surface area contributed by atoms with Gasteiger partial charge in [-0.3, -0.25) is 0 Å². The first kappa shape index (κ1) is 11.8. The van der Waals surface area contributed by atoms with E-state index in [2.05, 4.69) is 0 Å². The fraction of sp³-hybridized carbons (Fsp3) is 0.250. The Morgan fingerprint density at radius 3 is 2.18 bits per heavy atom. The molecule has 0 spiro atoms. The third-order valence-corrected chi connectivity index (χ3v) is 3.01. The van der Waals surface area contributed by atoms with Crippen LogP contribution in [-0.2, 0) is 0 Å². The molecule has 0 heterocycles. The summed E-state index contributed by atoms with van der Waals surface area (Å²) in [6.45, 7) is 6.05. The van der Waals surface area contributed by atoms with Crippen molar-refractivity contribution in [1.29, 1.82) is 0 Å². The van der Waals surface area contributed by atoms with Crippen molar-refractivity contribution in [1.82, 2.24) is 0 Å². The Bertz CT molecular complexity index is 510. The Labute approximate surface area is 102 Å². The van der Waals surface area contributed by atoms with E-state index in [-0.39, 0.29) is 11.7 Å². The van der Waals surface area contributed by atoms with Crippen LogP contribution in [0.1, 0.15) is 30.9 Å². The molecule has 17 heavy (non-hydrogen) atoms. The topological polar surface area (TPSA) is 0 Å². The zero-order chi connectivity index (χ0) is 12.4. The van der Waals surface area contributed by atoms with Crippen LogP contribution in [0.3, 0.4) is 0 Å². The summed E-state index contributed by atoms with van der Waals surface area (Å²) in [7, 11) is 0. The average Bonchev–Trinajstić information content (AvgIpc) is 2.30. The Kier molecular flexibility index (Phi) is 3.28. The second-order valence-electron chi connectivity index (χ2n) is 4.73. The lowest BCUT2D eigenvalue weighted by molar-refractivity contribution is 0.602. The molecular weight excluding hydrogens is 211 g/mol. The zero-order valence-corrected chi connectivity index (χ0v) is 10.5.